The van der Waals surface area contributed by atoms with Crippen LogP contribution in [0.2, 0.25) is 0 Å². The van der Waals surface area contributed by atoms with Crippen molar-refractivity contribution in [3.05, 3.63) is 58.7 Å². The van der Waals surface area contributed by atoms with Gasteiger partial charge in [-0.1, -0.05) is 36.4 Å². The summed E-state index contributed by atoms with van der Waals surface area (Å²) in [5, 5.41) is 5.81. The first kappa shape index (κ1) is 25.5. The summed E-state index contributed by atoms with van der Waals surface area (Å²) in [6.45, 7) is 7.82. The first-order chi connectivity index (χ1) is 15.0. The van der Waals surface area contributed by atoms with Gasteiger partial charge in [-0.25, -0.2) is 13.1 Å². The van der Waals surface area contributed by atoms with E-state index in [0.29, 0.717) is 0 Å². The summed E-state index contributed by atoms with van der Waals surface area (Å²) < 4.78 is 25.2. The van der Waals surface area contributed by atoms with Crippen LogP contribution in [0, 0.1) is 27.7 Å². The van der Waals surface area contributed by atoms with Crippen molar-refractivity contribution in [2.45, 2.75) is 27.7 Å². The minimum atomic E-state index is -3.37. The van der Waals surface area contributed by atoms with Gasteiger partial charge in [0.2, 0.25) is 21.8 Å². The van der Waals surface area contributed by atoms with Crippen molar-refractivity contribution in [2.75, 3.05) is 43.1 Å². The van der Waals surface area contributed by atoms with Gasteiger partial charge in [-0.15, -0.1) is 0 Å². The molecule has 2 aromatic rings. The summed E-state index contributed by atoms with van der Waals surface area (Å²) in [6.07, 6.45) is 1.07. The standard InChI is InChI=1S/C23H32N4O4S/c1-16-8-6-9-17(2)22(16)25-20(28)14-27(13-12-24-32(5,30)31)15-21(29)26-23-18(3)10-7-11-19(23)4/h6-11,24H,12-15H2,1-5H3,(H,25,28)(H,26,29). The number of rotatable bonds is 10. The lowest BCUT2D eigenvalue weighted by Gasteiger charge is -2.22. The van der Waals surface area contributed by atoms with Gasteiger partial charge in [0.05, 0.1) is 19.3 Å². The van der Waals surface area contributed by atoms with Gasteiger partial charge in [0, 0.05) is 24.5 Å². The number of aryl methyl sites for hydroxylation is 4. The fourth-order valence-electron chi connectivity index (χ4n) is 3.39. The largest absolute Gasteiger partial charge is 0.324 e. The third-order valence-corrected chi connectivity index (χ3v) is 5.75. The van der Waals surface area contributed by atoms with Crippen LogP contribution in [0.4, 0.5) is 11.4 Å². The van der Waals surface area contributed by atoms with E-state index in [-0.39, 0.29) is 38.0 Å². The van der Waals surface area contributed by atoms with Crippen LogP contribution < -0.4 is 15.4 Å². The highest BCUT2D eigenvalue weighted by molar-refractivity contribution is 7.88. The Bertz CT molecular complexity index is 975. The molecule has 0 aliphatic heterocycles. The number of para-hydroxylation sites is 2. The molecule has 174 valence electrons. The Morgan fingerprint density at radius 3 is 1.50 bits per heavy atom. The predicted molar refractivity (Wildman–Crippen MR) is 128 cm³/mol. The van der Waals surface area contributed by atoms with E-state index in [1.807, 2.05) is 64.1 Å². The molecule has 0 saturated carbocycles. The van der Waals surface area contributed by atoms with Crippen LogP contribution in [-0.2, 0) is 19.6 Å². The van der Waals surface area contributed by atoms with Crippen molar-refractivity contribution in [3.63, 3.8) is 0 Å². The van der Waals surface area contributed by atoms with Gasteiger partial charge in [0.15, 0.2) is 0 Å². The zero-order chi connectivity index (χ0) is 23.9. The topological polar surface area (TPSA) is 108 Å². The molecule has 0 aliphatic rings. The minimum absolute atomic E-state index is 0.0562. The summed E-state index contributed by atoms with van der Waals surface area (Å²) >= 11 is 0. The molecule has 2 amide bonds. The van der Waals surface area contributed by atoms with Crippen LogP contribution in [0.3, 0.4) is 0 Å². The minimum Gasteiger partial charge on any atom is -0.324 e. The Kier molecular flexibility index (Phi) is 8.94. The summed E-state index contributed by atoms with van der Waals surface area (Å²) in [6, 6.07) is 11.5. The number of hydrogen-bond donors (Lipinski definition) is 3. The molecule has 32 heavy (non-hydrogen) atoms. The third kappa shape index (κ3) is 8.07. The van der Waals surface area contributed by atoms with Crippen LogP contribution in [0.5, 0.6) is 0 Å². The molecule has 0 aliphatic carbocycles. The van der Waals surface area contributed by atoms with E-state index >= 15 is 0 Å². The lowest BCUT2D eigenvalue weighted by molar-refractivity contribution is -0.120. The van der Waals surface area contributed by atoms with E-state index in [1.165, 1.54) is 0 Å². The molecule has 0 heterocycles. The molecule has 2 aromatic carbocycles. The fourth-order valence-corrected chi connectivity index (χ4v) is 3.85. The number of amides is 2. The van der Waals surface area contributed by atoms with E-state index in [0.717, 1.165) is 39.9 Å². The van der Waals surface area contributed by atoms with Gasteiger partial charge in [0.1, 0.15) is 0 Å². The van der Waals surface area contributed by atoms with Gasteiger partial charge in [-0.05, 0) is 49.9 Å². The van der Waals surface area contributed by atoms with E-state index in [1.54, 1.807) is 4.90 Å². The number of carbonyl (C=O) groups is 2. The monoisotopic (exact) mass is 460 g/mol. The SMILES string of the molecule is Cc1cccc(C)c1NC(=O)CN(CCNS(C)(=O)=O)CC(=O)Nc1c(C)cccc1C. The van der Waals surface area contributed by atoms with Crippen molar-refractivity contribution >= 4 is 33.2 Å². The van der Waals surface area contributed by atoms with Crippen molar-refractivity contribution in [1.82, 2.24) is 9.62 Å². The predicted octanol–water partition coefficient (Wildman–Crippen LogP) is 2.35. The highest BCUT2D eigenvalue weighted by atomic mass is 32.2. The van der Waals surface area contributed by atoms with E-state index in [2.05, 4.69) is 15.4 Å². The van der Waals surface area contributed by atoms with Crippen LogP contribution in [-0.4, -0.2) is 57.6 Å². The van der Waals surface area contributed by atoms with Crippen LogP contribution in [0.15, 0.2) is 36.4 Å². The van der Waals surface area contributed by atoms with E-state index in [4.69, 9.17) is 0 Å². The first-order valence-electron chi connectivity index (χ1n) is 10.4. The number of nitrogens with zero attached hydrogens (tertiary/aromatic N) is 1. The average molecular weight is 461 g/mol. The number of hydrogen-bond acceptors (Lipinski definition) is 5. The Morgan fingerprint density at radius 1 is 0.781 bits per heavy atom. The van der Waals surface area contributed by atoms with Gasteiger partial charge in [0.25, 0.3) is 0 Å². The maximum atomic E-state index is 12.7. The molecule has 0 bridgehead atoms. The molecule has 0 atom stereocenters. The lowest BCUT2D eigenvalue weighted by Crippen LogP contribution is -2.43. The normalized spacial score (nSPS) is 11.4. The number of anilines is 2. The number of sulfonamides is 1. The molecular weight excluding hydrogens is 428 g/mol. The Morgan fingerprint density at radius 2 is 1.16 bits per heavy atom. The molecule has 0 aromatic heterocycles. The molecule has 0 saturated heterocycles. The zero-order valence-electron chi connectivity index (χ0n) is 19.3. The molecular formula is C23H32N4O4S. The Labute approximate surface area is 190 Å². The van der Waals surface area contributed by atoms with Crippen molar-refractivity contribution < 1.29 is 18.0 Å². The maximum Gasteiger partial charge on any atom is 0.238 e. The van der Waals surface area contributed by atoms with E-state index in [9.17, 15) is 18.0 Å². The maximum absolute atomic E-state index is 12.7. The second kappa shape index (κ2) is 11.2. The van der Waals surface area contributed by atoms with Gasteiger partial charge >= 0.3 is 0 Å². The van der Waals surface area contributed by atoms with Crippen LogP contribution >= 0.6 is 0 Å². The second-order valence-corrected chi connectivity index (χ2v) is 9.84. The number of carbonyl (C=O) groups excluding carboxylic acids is 2. The molecule has 2 rings (SSSR count). The van der Waals surface area contributed by atoms with Gasteiger partial charge < -0.3 is 10.6 Å². The lowest BCUT2D eigenvalue weighted by atomic mass is 10.1. The summed E-state index contributed by atoms with van der Waals surface area (Å²) in [5.41, 5.74) is 5.25. The van der Waals surface area contributed by atoms with Crippen molar-refractivity contribution in [2.24, 2.45) is 0 Å². The van der Waals surface area contributed by atoms with Crippen molar-refractivity contribution in [1.29, 1.82) is 0 Å². The Balaban J connectivity index is 2.09. The van der Waals surface area contributed by atoms with Crippen molar-refractivity contribution in [3.8, 4) is 0 Å². The molecule has 0 radical (unpaired) electrons. The zero-order valence-corrected chi connectivity index (χ0v) is 20.1. The number of nitrogens with one attached hydrogen (secondary N) is 3. The van der Waals surface area contributed by atoms with Gasteiger partial charge in [-0.2, -0.15) is 0 Å². The third-order valence-electron chi connectivity index (χ3n) is 5.02. The van der Waals surface area contributed by atoms with Crippen LogP contribution in [0.1, 0.15) is 22.3 Å². The highest BCUT2D eigenvalue weighted by Crippen LogP contribution is 2.20. The quantitative estimate of drug-likeness (QED) is 0.505. The summed E-state index contributed by atoms with van der Waals surface area (Å²) in [5.74, 6) is -0.553. The molecule has 8 nitrogen and oxygen atoms in total. The average Bonchev–Trinajstić information content (AvgIpc) is 2.67. The smallest absolute Gasteiger partial charge is 0.238 e. The molecule has 0 fully saturated rings. The second-order valence-electron chi connectivity index (χ2n) is 8.01. The molecule has 9 heteroatoms. The summed E-state index contributed by atoms with van der Waals surface area (Å²) in [4.78, 5) is 27.0. The summed E-state index contributed by atoms with van der Waals surface area (Å²) in [7, 11) is -3.37. The Hall–Kier alpha value is -2.75. The molecule has 0 unspecified atom stereocenters. The highest BCUT2D eigenvalue weighted by Gasteiger charge is 2.17. The van der Waals surface area contributed by atoms with E-state index < -0.39 is 10.0 Å². The fraction of sp³-hybridized carbons (Fsp3) is 0.391. The first-order valence-corrected chi connectivity index (χ1v) is 12.2. The molecule has 3 N–H and O–H groups in total. The number of benzene rings is 2. The van der Waals surface area contributed by atoms with Gasteiger partial charge in [-0.3, -0.25) is 14.5 Å². The van der Waals surface area contributed by atoms with Crippen LogP contribution in [0.25, 0.3) is 0 Å². The molecule has 0 spiro atoms.